The number of methoxy groups -OCH3 is 1. The molecule has 2 rings (SSSR count). The van der Waals surface area contributed by atoms with Gasteiger partial charge >= 0.3 is 17.9 Å². The van der Waals surface area contributed by atoms with E-state index in [1.807, 2.05) is 6.92 Å². The summed E-state index contributed by atoms with van der Waals surface area (Å²) in [7, 11) is 1.27. The average Bonchev–Trinajstić information content (AvgIpc) is 2.93. The molecule has 0 aliphatic carbocycles. The van der Waals surface area contributed by atoms with Crippen molar-refractivity contribution < 1.29 is 28.6 Å². The molecule has 0 bridgehead atoms. The van der Waals surface area contributed by atoms with Gasteiger partial charge in [-0.3, -0.25) is 9.59 Å². The van der Waals surface area contributed by atoms with Crippen LogP contribution in [0.3, 0.4) is 0 Å². The minimum Gasteiger partial charge on any atom is -0.469 e. The summed E-state index contributed by atoms with van der Waals surface area (Å²) in [5, 5.41) is -0.628. The van der Waals surface area contributed by atoms with Crippen LogP contribution in [0.15, 0.2) is 30.3 Å². The number of benzene rings is 1. The fourth-order valence-electron chi connectivity index (χ4n) is 2.08. The number of ether oxygens (including phenoxy) is 3. The van der Waals surface area contributed by atoms with E-state index in [4.69, 9.17) is 9.47 Å². The van der Waals surface area contributed by atoms with Gasteiger partial charge in [0.1, 0.15) is 11.4 Å². The van der Waals surface area contributed by atoms with E-state index in [-0.39, 0.29) is 6.42 Å². The first-order chi connectivity index (χ1) is 11.0. The van der Waals surface area contributed by atoms with Gasteiger partial charge in [-0.2, -0.15) is 0 Å². The molecule has 0 unspecified atom stereocenters. The molecule has 124 valence electrons. The maximum absolute atomic E-state index is 12.1. The van der Waals surface area contributed by atoms with Gasteiger partial charge in [-0.1, -0.05) is 36.9 Å². The highest BCUT2D eigenvalue weighted by Gasteiger charge is 2.41. The van der Waals surface area contributed by atoms with Crippen LogP contribution in [0, 0.1) is 0 Å². The summed E-state index contributed by atoms with van der Waals surface area (Å²) in [6.07, 6.45) is -0.132. The van der Waals surface area contributed by atoms with Crippen molar-refractivity contribution in [3.8, 4) is 0 Å². The molecule has 1 aliphatic rings. The summed E-state index contributed by atoms with van der Waals surface area (Å²) in [6, 6.07) is 8.61. The molecule has 1 aromatic rings. The highest BCUT2D eigenvalue weighted by Crippen LogP contribution is 2.35. The van der Waals surface area contributed by atoms with Crippen LogP contribution in [0.5, 0.6) is 0 Å². The lowest BCUT2D eigenvalue weighted by molar-refractivity contribution is -0.149. The predicted molar refractivity (Wildman–Crippen MR) is 83.8 cm³/mol. The zero-order valence-corrected chi connectivity index (χ0v) is 13.7. The lowest BCUT2D eigenvalue weighted by atomic mass is 10.2. The monoisotopic (exact) mass is 338 g/mol. The third-order valence-electron chi connectivity index (χ3n) is 3.35. The molecular formula is C16H18O6S. The van der Waals surface area contributed by atoms with E-state index in [0.29, 0.717) is 12.0 Å². The molecule has 0 saturated carbocycles. The number of thioether (sulfide) groups is 1. The highest BCUT2D eigenvalue weighted by molar-refractivity contribution is 8.01. The Morgan fingerprint density at radius 2 is 2.00 bits per heavy atom. The Morgan fingerprint density at radius 3 is 2.61 bits per heavy atom. The molecule has 23 heavy (non-hydrogen) atoms. The smallest absolute Gasteiger partial charge is 0.338 e. The maximum atomic E-state index is 12.1. The summed E-state index contributed by atoms with van der Waals surface area (Å²) in [5.41, 5.74) is -0.179. The van der Waals surface area contributed by atoms with Gasteiger partial charge in [0.2, 0.25) is 0 Å². The molecular weight excluding hydrogens is 320 g/mol. The van der Waals surface area contributed by atoms with Gasteiger partial charge in [-0.05, 0) is 18.6 Å². The average molecular weight is 338 g/mol. The number of rotatable bonds is 6. The van der Waals surface area contributed by atoms with Crippen LogP contribution in [-0.4, -0.2) is 41.8 Å². The molecule has 1 heterocycles. The SMILES string of the molecule is CC[C@H](OC(=O)c1ccccc1)[C@@H]1OC(=O)[C@H](CC(=O)OC)S1. The zero-order chi connectivity index (χ0) is 16.8. The normalized spacial score (nSPS) is 21.4. The molecule has 1 fully saturated rings. The lowest BCUT2D eigenvalue weighted by Crippen LogP contribution is -2.29. The summed E-state index contributed by atoms with van der Waals surface area (Å²) in [4.78, 5) is 35.2. The molecule has 7 heteroatoms. The van der Waals surface area contributed by atoms with Gasteiger partial charge in [0.25, 0.3) is 0 Å². The third kappa shape index (κ3) is 4.48. The van der Waals surface area contributed by atoms with Gasteiger partial charge in [0.05, 0.1) is 19.1 Å². The van der Waals surface area contributed by atoms with E-state index in [2.05, 4.69) is 4.74 Å². The summed E-state index contributed by atoms with van der Waals surface area (Å²) in [6.45, 7) is 1.84. The molecule has 0 spiro atoms. The second-order valence-electron chi connectivity index (χ2n) is 4.93. The number of hydrogen-bond donors (Lipinski definition) is 0. The Labute approximate surface area is 138 Å². The lowest BCUT2D eigenvalue weighted by Gasteiger charge is -2.20. The molecule has 0 radical (unpaired) electrons. The van der Waals surface area contributed by atoms with E-state index in [0.717, 1.165) is 0 Å². The molecule has 0 amide bonds. The number of esters is 3. The van der Waals surface area contributed by atoms with Crippen LogP contribution in [0.2, 0.25) is 0 Å². The van der Waals surface area contributed by atoms with Crippen molar-refractivity contribution in [2.75, 3.05) is 7.11 Å². The quantitative estimate of drug-likeness (QED) is 0.581. The number of carbonyl (C=O) groups excluding carboxylic acids is 3. The van der Waals surface area contributed by atoms with E-state index >= 15 is 0 Å². The largest absolute Gasteiger partial charge is 0.469 e. The van der Waals surface area contributed by atoms with Crippen molar-refractivity contribution in [1.29, 1.82) is 0 Å². The van der Waals surface area contributed by atoms with Crippen molar-refractivity contribution in [2.45, 2.75) is 36.6 Å². The molecule has 6 nitrogen and oxygen atoms in total. The van der Waals surface area contributed by atoms with Gasteiger partial charge in [0, 0.05) is 0 Å². The van der Waals surface area contributed by atoms with Gasteiger partial charge in [-0.25, -0.2) is 4.79 Å². The highest BCUT2D eigenvalue weighted by atomic mass is 32.2. The first kappa shape index (κ1) is 17.3. The fraction of sp³-hybridized carbons (Fsp3) is 0.438. The van der Waals surface area contributed by atoms with Gasteiger partial charge < -0.3 is 14.2 Å². The number of hydrogen-bond acceptors (Lipinski definition) is 7. The molecule has 3 atom stereocenters. The Kier molecular flexibility index (Phi) is 6.04. The molecule has 0 aromatic heterocycles. The van der Waals surface area contributed by atoms with Crippen LogP contribution in [0.4, 0.5) is 0 Å². The molecule has 0 N–H and O–H groups in total. The Morgan fingerprint density at radius 1 is 1.30 bits per heavy atom. The Bertz CT molecular complexity index is 573. The van der Waals surface area contributed by atoms with E-state index in [9.17, 15) is 14.4 Å². The summed E-state index contributed by atoms with van der Waals surface area (Å²) >= 11 is 1.18. The summed E-state index contributed by atoms with van der Waals surface area (Å²) in [5.74, 6) is -1.43. The van der Waals surface area contributed by atoms with Crippen molar-refractivity contribution in [3.63, 3.8) is 0 Å². The van der Waals surface area contributed by atoms with Gasteiger partial charge in [-0.15, -0.1) is 0 Å². The topological polar surface area (TPSA) is 78.9 Å². The Hall–Kier alpha value is -2.02. The molecule has 1 aromatic carbocycles. The standard InChI is InChI=1S/C16H18O6S/c1-3-11(21-14(18)10-7-5-4-6-8-10)16-22-15(19)12(23-16)9-13(17)20-2/h4-8,11-12,16H,3,9H2,1-2H3/t11-,12-,16+/m0/s1. The van der Waals surface area contributed by atoms with Crippen LogP contribution in [0.1, 0.15) is 30.1 Å². The molecule has 1 saturated heterocycles. The Balaban J connectivity index is 1.97. The van der Waals surface area contributed by atoms with E-state index in [1.54, 1.807) is 30.3 Å². The first-order valence-corrected chi connectivity index (χ1v) is 8.18. The van der Waals surface area contributed by atoms with Crippen LogP contribution < -0.4 is 0 Å². The minimum absolute atomic E-state index is 0.0560. The zero-order valence-electron chi connectivity index (χ0n) is 12.9. The number of cyclic esters (lactones) is 1. The number of carbonyl (C=O) groups is 3. The van der Waals surface area contributed by atoms with Crippen molar-refractivity contribution in [3.05, 3.63) is 35.9 Å². The minimum atomic E-state index is -0.628. The van der Waals surface area contributed by atoms with E-state index < -0.39 is 34.7 Å². The van der Waals surface area contributed by atoms with Gasteiger partial charge in [0.15, 0.2) is 5.44 Å². The molecule has 1 aliphatic heterocycles. The summed E-state index contributed by atoms with van der Waals surface area (Å²) < 4.78 is 15.3. The van der Waals surface area contributed by atoms with Crippen molar-refractivity contribution in [1.82, 2.24) is 0 Å². The fourth-order valence-corrected chi connectivity index (χ4v) is 3.37. The predicted octanol–water partition coefficient (Wildman–Crippen LogP) is 2.17. The second kappa shape index (κ2) is 8.01. The third-order valence-corrected chi connectivity index (χ3v) is 4.70. The maximum Gasteiger partial charge on any atom is 0.338 e. The van der Waals surface area contributed by atoms with Crippen molar-refractivity contribution >= 4 is 29.7 Å². The first-order valence-electron chi connectivity index (χ1n) is 7.24. The second-order valence-corrected chi connectivity index (χ2v) is 6.23. The van der Waals surface area contributed by atoms with Crippen LogP contribution in [0.25, 0.3) is 0 Å². The van der Waals surface area contributed by atoms with E-state index in [1.165, 1.54) is 18.9 Å². The van der Waals surface area contributed by atoms with Crippen molar-refractivity contribution in [2.24, 2.45) is 0 Å². The van der Waals surface area contributed by atoms with Crippen LogP contribution >= 0.6 is 11.8 Å². The van der Waals surface area contributed by atoms with Crippen LogP contribution in [-0.2, 0) is 23.8 Å².